The van der Waals surface area contributed by atoms with Crippen molar-refractivity contribution in [3.05, 3.63) is 29.3 Å². The Hall–Kier alpha value is -1.46. The van der Waals surface area contributed by atoms with Crippen LogP contribution in [0.1, 0.15) is 5.82 Å². The predicted octanol–water partition coefficient (Wildman–Crippen LogP) is 1.52. The lowest BCUT2D eigenvalue weighted by Crippen LogP contribution is -2.17. The smallest absolute Gasteiger partial charge is 0.165 e. The normalized spacial score (nSPS) is 14.8. The van der Waals surface area contributed by atoms with Crippen molar-refractivity contribution >= 4 is 11.6 Å². The van der Waals surface area contributed by atoms with E-state index in [1.165, 1.54) is 0 Å². The Morgan fingerprint density at radius 2 is 2.25 bits per heavy atom. The lowest BCUT2D eigenvalue weighted by Gasteiger charge is -2.15. The molecule has 1 aliphatic heterocycles. The third kappa shape index (κ3) is 1.58. The average molecular weight is 237 g/mol. The fourth-order valence-electron chi connectivity index (χ4n) is 1.72. The molecule has 0 atom stereocenters. The second kappa shape index (κ2) is 3.84. The Balaban J connectivity index is 2.06. The van der Waals surface area contributed by atoms with Crippen molar-refractivity contribution in [2.24, 2.45) is 0 Å². The number of ether oxygens (including phenoxy) is 1. The third-order valence-corrected chi connectivity index (χ3v) is 2.73. The number of hydrogen-bond acceptors (Lipinski definition) is 4. The fourth-order valence-corrected chi connectivity index (χ4v) is 1.83. The summed E-state index contributed by atoms with van der Waals surface area (Å²) < 4.78 is 7.35. The van der Waals surface area contributed by atoms with Gasteiger partial charge in [0.1, 0.15) is 11.8 Å². The van der Waals surface area contributed by atoms with Crippen LogP contribution in [-0.4, -0.2) is 26.4 Å². The molecule has 0 spiro atoms. The first-order valence-corrected chi connectivity index (χ1v) is 5.34. The SMILES string of the molecule is Clc1ccc(-c2nnc3n2CCOC3)cn1. The molecule has 0 amide bonds. The van der Waals surface area contributed by atoms with Crippen LogP contribution in [0.25, 0.3) is 11.4 Å². The zero-order chi connectivity index (χ0) is 11.0. The van der Waals surface area contributed by atoms with Crippen molar-refractivity contribution < 1.29 is 4.74 Å². The summed E-state index contributed by atoms with van der Waals surface area (Å²) in [6.45, 7) is 1.99. The van der Waals surface area contributed by atoms with Gasteiger partial charge < -0.3 is 9.30 Å². The molecule has 2 aromatic rings. The Bertz CT molecular complexity index is 508. The highest BCUT2D eigenvalue weighted by molar-refractivity contribution is 6.29. The van der Waals surface area contributed by atoms with Crippen molar-refractivity contribution in [1.29, 1.82) is 0 Å². The molecule has 3 rings (SSSR count). The molecule has 0 unspecified atom stereocenters. The maximum atomic E-state index is 5.74. The number of pyridine rings is 1. The number of nitrogens with zero attached hydrogens (tertiary/aromatic N) is 4. The number of hydrogen-bond donors (Lipinski definition) is 0. The van der Waals surface area contributed by atoms with Crippen LogP contribution < -0.4 is 0 Å². The molecular formula is C10H9ClN4O. The van der Waals surface area contributed by atoms with Crippen molar-refractivity contribution in [2.45, 2.75) is 13.2 Å². The van der Waals surface area contributed by atoms with Crippen LogP contribution in [0.2, 0.25) is 5.15 Å². The van der Waals surface area contributed by atoms with Gasteiger partial charge in [-0.25, -0.2) is 4.98 Å². The predicted molar refractivity (Wildman–Crippen MR) is 57.9 cm³/mol. The average Bonchev–Trinajstić information content (AvgIpc) is 2.74. The quantitative estimate of drug-likeness (QED) is 0.705. The van der Waals surface area contributed by atoms with Crippen LogP contribution in [-0.2, 0) is 17.9 Å². The summed E-state index contributed by atoms with van der Waals surface area (Å²) >= 11 is 5.74. The first-order valence-electron chi connectivity index (χ1n) is 4.96. The van der Waals surface area contributed by atoms with Crippen LogP contribution in [0.4, 0.5) is 0 Å². The third-order valence-electron chi connectivity index (χ3n) is 2.50. The molecule has 1 aliphatic rings. The van der Waals surface area contributed by atoms with Crippen LogP contribution in [0.5, 0.6) is 0 Å². The lowest BCUT2D eigenvalue weighted by atomic mass is 10.2. The van der Waals surface area contributed by atoms with E-state index in [2.05, 4.69) is 19.7 Å². The van der Waals surface area contributed by atoms with E-state index in [4.69, 9.17) is 16.3 Å². The van der Waals surface area contributed by atoms with E-state index in [1.54, 1.807) is 12.3 Å². The lowest BCUT2D eigenvalue weighted by molar-refractivity contribution is 0.0821. The van der Waals surface area contributed by atoms with E-state index in [1.807, 2.05) is 6.07 Å². The first-order chi connectivity index (χ1) is 7.84. The molecule has 5 nitrogen and oxygen atoms in total. The zero-order valence-corrected chi connectivity index (χ0v) is 9.18. The minimum atomic E-state index is 0.477. The highest BCUT2D eigenvalue weighted by Crippen LogP contribution is 2.20. The van der Waals surface area contributed by atoms with Crippen molar-refractivity contribution in [3.8, 4) is 11.4 Å². The molecule has 0 radical (unpaired) electrons. The molecule has 0 N–H and O–H groups in total. The van der Waals surface area contributed by atoms with Crippen LogP contribution >= 0.6 is 11.6 Å². The van der Waals surface area contributed by atoms with Gasteiger partial charge in [-0.1, -0.05) is 11.6 Å². The summed E-state index contributed by atoms with van der Waals surface area (Å²) in [5, 5.41) is 8.71. The van der Waals surface area contributed by atoms with Gasteiger partial charge >= 0.3 is 0 Å². The Morgan fingerprint density at radius 1 is 1.31 bits per heavy atom. The molecular weight excluding hydrogens is 228 g/mol. The molecule has 16 heavy (non-hydrogen) atoms. The summed E-state index contributed by atoms with van der Waals surface area (Å²) in [7, 11) is 0. The van der Waals surface area contributed by atoms with E-state index in [-0.39, 0.29) is 0 Å². The topological polar surface area (TPSA) is 52.8 Å². The molecule has 0 saturated carbocycles. The fraction of sp³-hybridized carbons (Fsp3) is 0.300. The van der Waals surface area contributed by atoms with Gasteiger partial charge in [0.05, 0.1) is 6.61 Å². The van der Waals surface area contributed by atoms with Gasteiger partial charge in [-0.05, 0) is 12.1 Å². The van der Waals surface area contributed by atoms with E-state index < -0.39 is 0 Å². The molecule has 3 heterocycles. The summed E-state index contributed by atoms with van der Waals surface area (Å²) in [4.78, 5) is 4.04. The number of fused-ring (bicyclic) bond motifs is 1. The van der Waals surface area contributed by atoms with Gasteiger partial charge in [0.15, 0.2) is 11.6 Å². The Morgan fingerprint density at radius 3 is 3.06 bits per heavy atom. The molecule has 0 saturated heterocycles. The second-order valence-electron chi connectivity index (χ2n) is 3.51. The van der Waals surface area contributed by atoms with Gasteiger partial charge in [0, 0.05) is 18.3 Å². The van der Waals surface area contributed by atoms with Crippen LogP contribution in [0.15, 0.2) is 18.3 Å². The van der Waals surface area contributed by atoms with E-state index in [0.29, 0.717) is 18.4 Å². The standard InChI is InChI=1S/C10H9ClN4O/c11-8-2-1-7(5-12-8)10-14-13-9-6-16-4-3-15(9)10/h1-2,5H,3-4,6H2. The maximum absolute atomic E-state index is 5.74. The molecule has 0 bridgehead atoms. The number of rotatable bonds is 1. The zero-order valence-electron chi connectivity index (χ0n) is 8.43. The molecule has 0 aromatic carbocycles. The van der Waals surface area contributed by atoms with Gasteiger partial charge in [0.25, 0.3) is 0 Å². The Labute approximate surface area is 97.0 Å². The number of aromatic nitrogens is 4. The minimum absolute atomic E-state index is 0.477. The summed E-state index contributed by atoms with van der Waals surface area (Å²) in [5.41, 5.74) is 0.921. The minimum Gasteiger partial charge on any atom is -0.372 e. The molecule has 0 aliphatic carbocycles. The van der Waals surface area contributed by atoms with E-state index >= 15 is 0 Å². The van der Waals surface area contributed by atoms with Gasteiger partial charge in [-0.3, -0.25) is 0 Å². The molecule has 2 aromatic heterocycles. The summed E-state index contributed by atoms with van der Waals surface area (Å²) in [6.07, 6.45) is 1.70. The number of halogens is 1. The van der Waals surface area contributed by atoms with Crippen LogP contribution in [0.3, 0.4) is 0 Å². The molecule has 82 valence electrons. The van der Waals surface area contributed by atoms with Crippen molar-refractivity contribution in [2.75, 3.05) is 6.61 Å². The van der Waals surface area contributed by atoms with E-state index in [9.17, 15) is 0 Å². The van der Waals surface area contributed by atoms with Crippen LogP contribution in [0, 0.1) is 0 Å². The highest BCUT2D eigenvalue weighted by atomic mass is 35.5. The van der Waals surface area contributed by atoms with Crippen molar-refractivity contribution in [1.82, 2.24) is 19.7 Å². The van der Waals surface area contributed by atoms with Gasteiger partial charge in [-0.15, -0.1) is 10.2 Å². The Kier molecular flexibility index (Phi) is 2.34. The first kappa shape index (κ1) is 9.74. The summed E-state index contributed by atoms with van der Waals surface area (Å²) in [5.74, 6) is 1.68. The van der Waals surface area contributed by atoms with E-state index in [0.717, 1.165) is 23.8 Å². The summed E-state index contributed by atoms with van der Waals surface area (Å²) in [6, 6.07) is 3.64. The maximum Gasteiger partial charge on any atom is 0.165 e. The monoisotopic (exact) mass is 236 g/mol. The van der Waals surface area contributed by atoms with Gasteiger partial charge in [0.2, 0.25) is 0 Å². The van der Waals surface area contributed by atoms with Crippen molar-refractivity contribution in [3.63, 3.8) is 0 Å². The highest BCUT2D eigenvalue weighted by Gasteiger charge is 2.17. The largest absolute Gasteiger partial charge is 0.372 e. The molecule has 6 heteroatoms. The second-order valence-corrected chi connectivity index (χ2v) is 3.90. The van der Waals surface area contributed by atoms with Gasteiger partial charge in [-0.2, -0.15) is 0 Å². The molecule has 0 fully saturated rings.